The van der Waals surface area contributed by atoms with Crippen LogP contribution in [0.1, 0.15) is 131 Å². The van der Waals surface area contributed by atoms with Gasteiger partial charge in [-0.15, -0.1) is 0 Å². The SMILES string of the molecule is CC(C)=CCCC(C)=CCC1CC2(CC=C(C)CCC=C(C)C)C(=O)C(CC=C(C)C)C(=O)C(C(=O)c3ccc(O)c(O)c3)=C2OC1(C)C. The Kier molecular flexibility index (Phi) is 13.4. The molecule has 1 fully saturated rings. The molecule has 0 bridgehead atoms. The Morgan fingerprint density at radius 3 is 1.92 bits per heavy atom. The molecule has 49 heavy (non-hydrogen) atoms. The Morgan fingerprint density at radius 1 is 0.796 bits per heavy atom. The molecule has 1 aromatic carbocycles. The lowest BCUT2D eigenvalue weighted by Gasteiger charge is -2.52. The van der Waals surface area contributed by atoms with Crippen LogP contribution in [0.25, 0.3) is 0 Å². The largest absolute Gasteiger partial charge is 0.504 e. The Balaban J connectivity index is 2.25. The van der Waals surface area contributed by atoms with Crippen LogP contribution >= 0.6 is 0 Å². The molecule has 2 aliphatic rings. The first kappa shape index (κ1) is 39.5. The van der Waals surface area contributed by atoms with E-state index in [1.165, 1.54) is 28.9 Å². The number of allylic oxidation sites excluding steroid dienone is 12. The highest BCUT2D eigenvalue weighted by molar-refractivity contribution is 6.33. The minimum Gasteiger partial charge on any atom is -0.504 e. The predicted molar refractivity (Wildman–Crippen MR) is 198 cm³/mol. The van der Waals surface area contributed by atoms with Crippen molar-refractivity contribution < 1.29 is 29.3 Å². The van der Waals surface area contributed by atoms with Crippen LogP contribution in [0.4, 0.5) is 0 Å². The van der Waals surface area contributed by atoms with Crippen LogP contribution in [0.5, 0.6) is 11.5 Å². The van der Waals surface area contributed by atoms with Gasteiger partial charge >= 0.3 is 0 Å². The fourth-order valence-electron chi connectivity index (χ4n) is 6.75. The van der Waals surface area contributed by atoms with E-state index in [9.17, 15) is 24.6 Å². The van der Waals surface area contributed by atoms with E-state index in [0.29, 0.717) is 19.3 Å². The molecule has 1 aliphatic carbocycles. The normalized spacial score (nSPS) is 22.2. The summed E-state index contributed by atoms with van der Waals surface area (Å²) >= 11 is 0. The van der Waals surface area contributed by atoms with E-state index in [0.717, 1.165) is 42.9 Å². The van der Waals surface area contributed by atoms with Crippen molar-refractivity contribution in [3.63, 3.8) is 0 Å². The Bertz CT molecular complexity index is 1610. The van der Waals surface area contributed by atoms with Gasteiger partial charge in [-0.05, 0) is 139 Å². The number of ether oxygens (including phenoxy) is 1. The number of rotatable bonds is 14. The Morgan fingerprint density at radius 2 is 1.37 bits per heavy atom. The molecule has 3 rings (SSSR count). The molecule has 0 spiro atoms. The maximum absolute atomic E-state index is 14.9. The van der Waals surface area contributed by atoms with Gasteiger partial charge in [-0.2, -0.15) is 0 Å². The Labute approximate surface area is 294 Å². The number of phenolic OH excluding ortho intramolecular Hbond substituents is 2. The van der Waals surface area contributed by atoms with E-state index in [1.54, 1.807) is 0 Å². The van der Waals surface area contributed by atoms with Gasteiger partial charge in [0.2, 0.25) is 0 Å². The smallest absolute Gasteiger partial charge is 0.200 e. The molecule has 0 aromatic heterocycles. The average Bonchev–Trinajstić information content (AvgIpc) is 3.00. The second-order valence-electron chi connectivity index (χ2n) is 15.4. The second kappa shape index (κ2) is 16.7. The van der Waals surface area contributed by atoms with Gasteiger partial charge in [0.05, 0.1) is 11.3 Å². The number of carbonyl (C=O) groups is 3. The van der Waals surface area contributed by atoms with Crippen molar-refractivity contribution in [2.24, 2.45) is 17.3 Å². The van der Waals surface area contributed by atoms with E-state index in [1.807, 2.05) is 33.8 Å². The standard InChI is InChI=1S/C43H58O6/c1-27(2)13-11-15-30(7)18-20-33-26-43(24-23-31(8)16-12-14-28(3)4)40(48)34(21-17-29(5)6)39(47)37(41(43)49-42(33,9)10)38(46)32-19-22-35(44)36(45)25-32/h13-14,17-19,22-23,25,33-34,44-45H,11-12,15-16,20-21,24,26H2,1-10H3. The summed E-state index contributed by atoms with van der Waals surface area (Å²) in [6.45, 7) is 20.3. The van der Waals surface area contributed by atoms with Crippen LogP contribution < -0.4 is 0 Å². The monoisotopic (exact) mass is 670 g/mol. The van der Waals surface area contributed by atoms with Crippen molar-refractivity contribution in [3.05, 3.63) is 93.3 Å². The highest BCUT2D eigenvalue weighted by atomic mass is 16.5. The number of ketones is 3. The van der Waals surface area contributed by atoms with Gasteiger partial charge in [-0.25, -0.2) is 0 Å². The molecule has 1 aliphatic heterocycles. The zero-order chi connectivity index (χ0) is 36.7. The minimum absolute atomic E-state index is 0.0438. The summed E-state index contributed by atoms with van der Waals surface area (Å²) in [6.07, 6.45) is 15.9. The predicted octanol–water partition coefficient (Wildman–Crippen LogP) is 10.6. The van der Waals surface area contributed by atoms with Crippen molar-refractivity contribution >= 4 is 17.3 Å². The molecule has 6 nitrogen and oxygen atoms in total. The molecule has 3 unspecified atom stereocenters. The summed E-state index contributed by atoms with van der Waals surface area (Å²) in [7, 11) is 0. The van der Waals surface area contributed by atoms with Gasteiger partial charge in [0.25, 0.3) is 0 Å². The maximum Gasteiger partial charge on any atom is 0.200 e. The fourth-order valence-corrected chi connectivity index (χ4v) is 6.75. The first-order valence-electron chi connectivity index (χ1n) is 17.7. The fraction of sp³-hybridized carbons (Fsp3) is 0.512. The van der Waals surface area contributed by atoms with Crippen molar-refractivity contribution in [2.45, 2.75) is 126 Å². The number of hydrogen-bond donors (Lipinski definition) is 2. The number of phenols is 2. The quantitative estimate of drug-likeness (QED) is 0.0672. The Hall–Kier alpha value is -3.93. The highest BCUT2D eigenvalue weighted by Crippen LogP contribution is 2.56. The zero-order valence-electron chi connectivity index (χ0n) is 31.5. The molecule has 3 atom stereocenters. The molecule has 6 heteroatoms. The van der Waals surface area contributed by atoms with Crippen LogP contribution in [0.2, 0.25) is 0 Å². The van der Waals surface area contributed by atoms with Crippen LogP contribution in [-0.4, -0.2) is 33.2 Å². The number of Topliss-reactive ketones (excluding diaryl/α,β-unsaturated/α-hetero) is 3. The third kappa shape index (κ3) is 9.83. The summed E-state index contributed by atoms with van der Waals surface area (Å²) in [4.78, 5) is 43.6. The summed E-state index contributed by atoms with van der Waals surface area (Å²) in [5.41, 5.74) is 3.82. The lowest BCUT2D eigenvalue weighted by Crippen LogP contribution is -2.56. The van der Waals surface area contributed by atoms with Crippen molar-refractivity contribution in [2.75, 3.05) is 0 Å². The lowest BCUT2D eigenvalue weighted by molar-refractivity contribution is -0.154. The van der Waals surface area contributed by atoms with Crippen LogP contribution in [0, 0.1) is 17.3 Å². The van der Waals surface area contributed by atoms with Gasteiger partial charge in [0.1, 0.15) is 16.9 Å². The second-order valence-corrected chi connectivity index (χ2v) is 15.4. The minimum atomic E-state index is -1.22. The molecule has 1 heterocycles. The van der Waals surface area contributed by atoms with E-state index < -0.39 is 34.2 Å². The number of hydrogen-bond acceptors (Lipinski definition) is 6. The molecule has 0 saturated carbocycles. The third-order valence-corrected chi connectivity index (χ3v) is 9.91. The van der Waals surface area contributed by atoms with E-state index in [4.69, 9.17) is 4.74 Å². The summed E-state index contributed by atoms with van der Waals surface area (Å²) in [6, 6.07) is 3.77. The van der Waals surface area contributed by atoms with Crippen LogP contribution in [0.3, 0.4) is 0 Å². The molecule has 2 N–H and O–H groups in total. The third-order valence-electron chi connectivity index (χ3n) is 9.91. The number of fused-ring (bicyclic) bond motifs is 1. The van der Waals surface area contributed by atoms with Gasteiger partial charge < -0.3 is 14.9 Å². The number of benzene rings is 1. The highest BCUT2D eigenvalue weighted by Gasteiger charge is 2.60. The molecule has 0 radical (unpaired) electrons. The zero-order valence-corrected chi connectivity index (χ0v) is 31.5. The van der Waals surface area contributed by atoms with E-state index >= 15 is 0 Å². The van der Waals surface area contributed by atoms with E-state index in [-0.39, 0.29) is 40.8 Å². The molecule has 1 aromatic rings. The van der Waals surface area contributed by atoms with Gasteiger partial charge in [-0.1, -0.05) is 58.2 Å². The van der Waals surface area contributed by atoms with Crippen molar-refractivity contribution in [1.29, 1.82) is 0 Å². The van der Waals surface area contributed by atoms with Crippen LogP contribution in [-0.2, 0) is 14.3 Å². The van der Waals surface area contributed by atoms with Crippen molar-refractivity contribution in [3.8, 4) is 11.5 Å². The first-order valence-corrected chi connectivity index (χ1v) is 17.7. The van der Waals surface area contributed by atoms with Gasteiger partial charge in [0, 0.05) is 11.5 Å². The topological polar surface area (TPSA) is 101 Å². The van der Waals surface area contributed by atoms with E-state index in [2.05, 4.69) is 65.8 Å². The molecular weight excluding hydrogens is 612 g/mol. The molecular formula is C43H58O6. The molecule has 1 saturated heterocycles. The summed E-state index contributed by atoms with van der Waals surface area (Å²) in [5.74, 6) is -3.18. The maximum atomic E-state index is 14.9. The number of carbonyl (C=O) groups excluding carboxylic acids is 3. The summed E-state index contributed by atoms with van der Waals surface area (Å²) in [5, 5.41) is 20.2. The van der Waals surface area contributed by atoms with Gasteiger partial charge in [-0.3, -0.25) is 14.4 Å². The lowest BCUT2D eigenvalue weighted by atomic mass is 9.58. The van der Waals surface area contributed by atoms with Crippen LogP contribution in [0.15, 0.2) is 87.8 Å². The summed E-state index contributed by atoms with van der Waals surface area (Å²) < 4.78 is 6.82. The molecule has 0 amide bonds. The van der Waals surface area contributed by atoms with Crippen molar-refractivity contribution in [1.82, 2.24) is 0 Å². The average molecular weight is 671 g/mol. The van der Waals surface area contributed by atoms with Gasteiger partial charge in [0.15, 0.2) is 28.8 Å². The first-order chi connectivity index (χ1) is 22.9. The number of aromatic hydroxyl groups is 2. The molecule has 266 valence electrons.